The van der Waals surface area contributed by atoms with Crippen molar-refractivity contribution in [1.82, 2.24) is 14.9 Å². The van der Waals surface area contributed by atoms with Gasteiger partial charge in [-0.1, -0.05) is 0 Å². The van der Waals surface area contributed by atoms with E-state index in [0.717, 1.165) is 12.8 Å². The topological polar surface area (TPSA) is 90.6 Å². The number of piperidine rings is 1. The van der Waals surface area contributed by atoms with Crippen LogP contribution in [0.3, 0.4) is 0 Å². The number of hydrogen-bond acceptors (Lipinski definition) is 6. The van der Waals surface area contributed by atoms with E-state index >= 15 is 0 Å². The van der Waals surface area contributed by atoms with Gasteiger partial charge in [-0.2, -0.15) is 0 Å². The Morgan fingerprint density at radius 3 is 2.91 bits per heavy atom. The van der Waals surface area contributed by atoms with Crippen molar-refractivity contribution in [2.45, 2.75) is 45.3 Å². The standard InChI is InChI=1S/C14H21BrN4O3/c1-14(2,3)22-13(20)19-6-4-5-9(8-19)21-12-11(16)17-7-10(15)18-12/h7,9H,4-6,8H2,1-3H3,(H2,16,17). The second kappa shape index (κ2) is 6.68. The fraction of sp³-hybridized carbons (Fsp3) is 0.643. The Labute approximate surface area is 138 Å². The molecule has 22 heavy (non-hydrogen) atoms. The van der Waals surface area contributed by atoms with Gasteiger partial charge >= 0.3 is 6.09 Å². The van der Waals surface area contributed by atoms with Crippen molar-refractivity contribution < 1.29 is 14.3 Å². The highest BCUT2D eigenvalue weighted by Gasteiger charge is 2.29. The third-order valence-corrected chi connectivity index (χ3v) is 3.43. The molecule has 8 heteroatoms. The SMILES string of the molecule is CC(C)(C)OC(=O)N1CCCC(Oc2nc(Br)cnc2N)C1. The third kappa shape index (κ3) is 4.72. The van der Waals surface area contributed by atoms with E-state index in [2.05, 4.69) is 25.9 Å². The number of rotatable bonds is 2. The molecule has 122 valence electrons. The van der Waals surface area contributed by atoms with E-state index in [0.29, 0.717) is 17.7 Å². The van der Waals surface area contributed by atoms with E-state index in [1.54, 1.807) is 4.90 Å². The van der Waals surface area contributed by atoms with Gasteiger partial charge in [-0.15, -0.1) is 0 Å². The molecule has 0 spiro atoms. The maximum absolute atomic E-state index is 12.1. The van der Waals surface area contributed by atoms with E-state index in [1.807, 2.05) is 20.8 Å². The van der Waals surface area contributed by atoms with E-state index in [9.17, 15) is 4.79 Å². The van der Waals surface area contributed by atoms with E-state index in [-0.39, 0.29) is 23.9 Å². The molecule has 1 amide bonds. The summed E-state index contributed by atoms with van der Waals surface area (Å²) in [5.41, 5.74) is 5.25. The molecule has 1 fully saturated rings. The smallest absolute Gasteiger partial charge is 0.410 e. The molecule has 1 atom stereocenters. The van der Waals surface area contributed by atoms with Crippen molar-refractivity contribution >= 4 is 27.8 Å². The lowest BCUT2D eigenvalue weighted by atomic mass is 10.1. The lowest BCUT2D eigenvalue weighted by Gasteiger charge is -2.34. The maximum Gasteiger partial charge on any atom is 0.410 e. The largest absolute Gasteiger partial charge is 0.470 e. The number of nitrogens with zero attached hydrogens (tertiary/aromatic N) is 3. The Hall–Kier alpha value is -1.57. The molecule has 0 saturated carbocycles. The summed E-state index contributed by atoms with van der Waals surface area (Å²) < 4.78 is 11.7. The molecule has 0 aliphatic carbocycles. The van der Waals surface area contributed by atoms with Crippen LogP contribution in [0.25, 0.3) is 0 Å². The van der Waals surface area contributed by atoms with Gasteiger partial charge in [-0.05, 0) is 49.5 Å². The third-order valence-electron chi connectivity index (χ3n) is 3.05. The Kier molecular flexibility index (Phi) is 5.10. The number of amides is 1. The highest BCUT2D eigenvalue weighted by Crippen LogP contribution is 2.23. The number of carbonyl (C=O) groups excluding carboxylic acids is 1. The van der Waals surface area contributed by atoms with Crippen LogP contribution in [0.15, 0.2) is 10.8 Å². The summed E-state index contributed by atoms with van der Waals surface area (Å²) in [5.74, 6) is 0.517. The van der Waals surface area contributed by atoms with Gasteiger partial charge in [0.15, 0.2) is 5.82 Å². The summed E-state index contributed by atoms with van der Waals surface area (Å²) in [7, 11) is 0. The predicted molar refractivity (Wildman–Crippen MR) is 85.6 cm³/mol. The van der Waals surface area contributed by atoms with Gasteiger partial charge in [0.05, 0.1) is 12.7 Å². The van der Waals surface area contributed by atoms with Crippen LogP contribution < -0.4 is 10.5 Å². The molecule has 1 aromatic rings. The molecule has 0 bridgehead atoms. The first kappa shape index (κ1) is 16.8. The van der Waals surface area contributed by atoms with Crippen LogP contribution in [0.1, 0.15) is 33.6 Å². The number of nitrogen functional groups attached to an aromatic ring is 1. The van der Waals surface area contributed by atoms with Crippen LogP contribution in [0.2, 0.25) is 0 Å². The van der Waals surface area contributed by atoms with Crippen LogP contribution in [-0.2, 0) is 4.74 Å². The lowest BCUT2D eigenvalue weighted by Crippen LogP contribution is -2.46. The number of carbonyl (C=O) groups is 1. The zero-order chi connectivity index (χ0) is 16.3. The summed E-state index contributed by atoms with van der Waals surface area (Å²) in [6.07, 6.45) is 2.68. The molecule has 0 aromatic carbocycles. The second-order valence-electron chi connectivity index (χ2n) is 6.19. The fourth-order valence-corrected chi connectivity index (χ4v) is 2.40. The quantitative estimate of drug-likeness (QED) is 0.857. The van der Waals surface area contributed by atoms with Gasteiger partial charge in [0.2, 0.25) is 0 Å². The minimum atomic E-state index is -0.509. The van der Waals surface area contributed by atoms with Gasteiger partial charge in [-0.25, -0.2) is 14.8 Å². The molecule has 0 radical (unpaired) electrons. The molecule has 2 rings (SSSR count). The van der Waals surface area contributed by atoms with Crippen LogP contribution in [-0.4, -0.2) is 45.8 Å². The number of aromatic nitrogens is 2. The minimum absolute atomic E-state index is 0.174. The average Bonchev–Trinajstić information content (AvgIpc) is 2.41. The summed E-state index contributed by atoms with van der Waals surface area (Å²) in [5, 5.41) is 0. The van der Waals surface area contributed by atoms with Crippen LogP contribution >= 0.6 is 15.9 Å². The molecule has 1 unspecified atom stereocenters. The number of anilines is 1. The number of likely N-dealkylation sites (tertiary alicyclic amines) is 1. The van der Waals surface area contributed by atoms with Gasteiger partial charge in [0.1, 0.15) is 16.3 Å². The van der Waals surface area contributed by atoms with E-state index in [1.165, 1.54) is 6.20 Å². The minimum Gasteiger partial charge on any atom is -0.470 e. The number of ether oxygens (including phenoxy) is 2. The molecule has 1 aromatic heterocycles. The van der Waals surface area contributed by atoms with Crippen LogP contribution in [0.4, 0.5) is 10.6 Å². The summed E-state index contributed by atoms with van der Waals surface area (Å²) in [6, 6.07) is 0. The fourth-order valence-electron chi connectivity index (χ4n) is 2.13. The van der Waals surface area contributed by atoms with Crippen molar-refractivity contribution in [3.8, 4) is 5.88 Å². The Bertz CT molecular complexity index is 547. The van der Waals surface area contributed by atoms with Crippen molar-refractivity contribution in [2.75, 3.05) is 18.8 Å². The molecule has 1 aliphatic heterocycles. The first-order valence-corrected chi connectivity index (χ1v) is 7.96. The van der Waals surface area contributed by atoms with Crippen molar-refractivity contribution in [3.63, 3.8) is 0 Å². The zero-order valence-electron chi connectivity index (χ0n) is 13.0. The van der Waals surface area contributed by atoms with Crippen LogP contribution in [0.5, 0.6) is 5.88 Å². The molecular formula is C14H21BrN4O3. The molecule has 2 N–H and O–H groups in total. The Balaban J connectivity index is 1.98. The van der Waals surface area contributed by atoms with Crippen molar-refractivity contribution in [2.24, 2.45) is 0 Å². The summed E-state index contributed by atoms with van der Waals surface area (Å²) in [6.45, 7) is 6.65. The first-order valence-electron chi connectivity index (χ1n) is 7.17. The molecular weight excluding hydrogens is 352 g/mol. The normalized spacial score (nSPS) is 18.9. The number of halogens is 1. The van der Waals surface area contributed by atoms with Crippen molar-refractivity contribution in [1.29, 1.82) is 0 Å². The molecule has 1 saturated heterocycles. The average molecular weight is 373 g/mol. The highest BCUT2D eigenvalue weighted by molar-refractivity contribution is 9.10. The zero-order valence-corrected chi connectivity index (χ0v) is 14.6. The Morgan fingerprint density at radius 1 is 1.50 bits per heavy atom. The van der Waals surface area contributed by atoms with Gasteiger partial charge in [0.25, 0.3) is 5.88 Å². The summed E-state index contributed by atoms with van der Waals surface area (Å²) >= 11 is 3.24. The summed E-state index contributed by atoms with van der Waals surface area (Å²) in [4.78, 5) is 21.9. The predicted octanol–water partition coefficient (Wildman–Crippen LogP) is 2.60. The van der Waals surface area contributed by atoms with Gasteiger partial charge in [-0.3, -0.25) is 0 Å². The van der Waals surface area contributed by atoms with Gasteiger partial charge < -0.3 is 20.1 Å². The highest BCUT2D eigenvalue weighted by atomic mass is 79.9. The number of nitrogens with two attached hydrogens (primary N) is 1. The van der Waals surface area contributed by atoms with Crippen molar-refractivity contribution in [3.05, 3.63) is 10.8 Å². The van der Waals surface area contributed by atoms with Gasteiger partial charge in [0, 0.05) is 6.54 Å². The number of hydrogen-bond donors (Lipinski definition) is 1. The molecule has 7 nitrogen and oxygen atoms in total. The lowest BCUT2D eigenvalue weighted by molar-refractivity contribution is 0.00728. The van der Waals surface area contributed by atoms with E-state index in [4.69, 9.17) is 15.2 Å². The molecule has 1 aliphatic rings. The second-order valence-corrected chi connectivity index (χ2v) is 7.00. The maximum atomic E-state index is 12.1. The first-order chi connectivity index (χ1) is 10.2. The monoisotopic (exact) mass is 372 g/mol. The molecule has 2 heterocycles. The van der Waals surface area contributed by atoms with Crippen LogP contribution in [0, 0.1) is 0 Å². The Morgan fingerprint density at radius 2 is 2.23 bits per heavy atom. The van der Waals surface area contributed by atoms with E-state index < -0.39 is 5.60 Å².